The number of nitrogens with zero attached hydrogens (tertiary/aromatic N) is 1. The Morgan fingerprint density at radius 2 is 2.25 bits per heavy atom. The van der Waals surface area contributed by atoms with Crippen LogP contribution in [0.25, 0.3) is 0 Å². The first-order chi connectivity index (χ1) is 7.50. The summed E-state index contributed by atoms with van der Waals surface area (Å²) in [4.78, 5) is 35.2. The number of hydrogen-bond donors (Lipinski definition) is 3. The van der Waals surface area contributed by atoms with Gasteiger partial charge in [-0.1, -0.05) is 0 Å². The van der Waals surface area contributed by atoms with Crippen LogP contribution >= 0.6 is 0 Å². The molecule has 1 rings (SSSR count). The van der Waals surface area contributed by atoms with E-state index in [0.717, 1.165) is 4.57 Å². The molecule has 0 fully saturated rings. The highest BCUT2D eigenvalue weighted by Gasteiger charge is 2.09. The number of nitrogens with two attached hydrogens (primary N) is 1. The number of aromatic nitrogens is 2. The maximum atomic E-state index is 11.3. The molecule has 0 saturated carbocycles. The molecule has 0 aliphatic rings. The number of carbonyl (C=O) groups is 1. The fourth-order valence-electron chi connectivity index (χ4n) is 1.29. The zero-order valence-corrected chi connectivity index (χ0v) is 8.55. The molecule has 1 heterocycles. The maximum Gasteiger partial charge on any atom is 0.328 e. The van der Waals surface area contributed by atoms with Crippen LogP contribution in [-0.4, -0.2) is 26.7 Å². The fourth-order valence-corrected chi connectivity index (χ4v) is 1.29. The third-order valence-corrected chi connectivity index (χ3v) is 2.10. The van der Waals surface area contributed by atoms with Gasteiger partial charge in [-0.05, 0) is 6.42 Å². The van der Waals surface area contributed by atoms with Crippen LogP contribution in [-0.2, 0) is 11.3 Å². The number of carboxylic acids is 1. The molecule has 88 valence electrons. The minimum Gasteiger partial charge on any atom is -0.481 e. The van der Waals surface area contributed by atoms with Crippen LogP contribution in [0.15, 0.2) is 21.9 Å². The normalized spacial score (nSPS) is 12.3. The van der Waals surface area contributed by atoms with Crippen molar-refractivity contribution >= 4 is 5.97 Å². The van der Waals surface area contributed by atoms with Gasteiger partial charge in [0.05, 0.1) is 6.42 Å². The van der Waals surface area contributed by atoms with Crippen LogP contribution in [0, 0.1) is 0 Å². The van der Waals surface area contributed by atoms with Crippen molar-refractivity contribution in [2.45, 2.75) is 25.4 Å². The average Bonchev–Trinajstić information content (AvgIpc) is 2.15. The van der Waals surface area contributed by atoms with Gasteiger partial charge in [-0.25, -0.2) is 4.79 Å². The second-order valence-corrected chi connectivity index (χ2v) is 3.42. The van der Waals surface area contributed by atoms with Crippen LogP contribution in [0.5, 0.6) is 0 Å². The zero-order chi connectivity index (χ0) is 12.1. The van der Waals surface area contributed by atoms with E-state index in [1.165, 1.54) is 12.3 Å². The Bertz CT molecular complexity index is 448. The van der Waals surface area contributed by atoms with Crippen molar-refractivity contribution < 1.29 is 9.90 Å². The summed E-state index contributed by atoms with van der Waals surface area (Å²) in [7, 11) is 0. The SMILES string of the molecule is NC(CCn1c(=O)cc[nH]c1=O)CC(=O)O. The lowest BCUT2D eigenvalue weighted by molar-refractivity contribution is -0.137. The van der Waals surface area contributed by atoms with Crippen molar-refractivity contribution in [1.82, 2.24) is 9.55 Å². The monoisotopic (exact) mass is 227 g/mol. The zero-order valence-electron chi connectivity index (χ0n) is 8.55. The van der Waals surface area contributed by atoms with Crippen LogP contribution in [0.1, 0.15) is 12.8 Å². The number of carboxylic acid groups (broad SMARTS) is 1. The van der Waals surface area contributed by atoms with Gasteiger partial charge in [-0.3, -0.25) is 14.2 Å². The summed E-state index contributed by atoms with van der Waals surface area (Å²) in [5.41, 5.74) is 4.57. The predicted octanol–water partition coefficient (Wildman–Crippen LogP) is -1.27. The molecule has 0 aliphatic carbocycles. The van der Waals surface area contributed by atoms with E-state index in [1.54, 1.807) is 0 Å². The first kappa shape index (κ1) is 12.2. The molecular formula is C9H13N3O4. The first-order valence-corrected chi connectivity index (χ1v) is 4.76. The van der Waals surface area contributed by atoms with Gasteiger partial charge in [-0.15, -0.1) is 0 Å². The summed E-state index contributed by atoms with van der Waals surface area (Å²) < 4.78 is 0.988. The smallest absolute Gasteiger partial charge is 0.328 e. The third-order valence-electron chi connectivity index (χ3n) is 2.10. The summed E-state index contributed by atoms with van der Waals surface area (Å²) >= 11 is 0. The lowest BCUT2D eigenvalue weighted by Crippen LogP contribution is -2.36. The van der Waals surface area contributed by atoms with Crippen LogP contribution in [0.2, 0.25) is 0 Å². The first-order valence-electron chi connectivity index (χ1n) is 4.76. The topological polar surface area (TPSA) is 118 Å². The Hall–Kier alpha value is -1.89. The maximum absolute atomic E-state index is 11.3. The van der Waals surface area contributed by atoms with Gasteiger partial charge in [-0.2, -0.15) is 0 Å². The van der Waals surface area contributed by atoms with Gasteiger partial charge < -0.3 is 15.8 Å². The summed E-state index contributed by atoms with van der Waals surface area (Å²) in [6.07, 6.45) is 1.34. The second kappa shape index (κ2) is 5.26. The van der Waals surface area contributed by atoms with Crippen molar-refractivity contribution in [3.63, 3.8) is 0 Å². The Kier molecular flexibility index (Phi) is 4.01. The Morgan fingerprint density at radius 1 is 1.56 bits per heavy atom. The molecule has 16 heavy (non-hydrogen) atoms. The number of hydrogen-bond acceptors (Lipinski definition) is 4. The molecule has 0 amide bonds. The highest BCUT2D eigenvalue weighted by atomic mass is 16.4. The average molecular weight is 227 g/mol. The predicted molar refractivity (Wildman–Crippen MR) is 56.2 cm³/mol. The number of nitrogens with one attached hydrogen (secondary N) is 1. The lowest BCUT2D eigenvalue weighted by atomic mass is 10.1. The standard InChI is InChI=1S/C9H13N3O4/c10-6(5-8(14)15)2-4-12-7(13)1-3-11-9(12)16/h1,3,6H,2,4-5,10H2,(H,11,16)(H,14,15). The molecular weight excluding hydrogens is 214 g/mol. The highest BCUT2D eigenvalue weighted by molar-refractivity contribution is 5.67. The van der Waals surface area contributed by atoms with Gasteiger partial charge in [0.15, 0.2) is 0 Å². The fraction of sp³-hybridized carbons (Fsp3) is 0.444. The van der Waals surface area contributed by atoms with Crippen LogP contribution in [0.4, 0.5) is 0 Å². The quantitative estimate of drug-likeness (QED) is 0.579. The molecule has 4 N–H and O–H groups in total. The summed E-state index contributed by atoms with van der Waals surface area (Å²) in [6.45, 7) is 0.115. The van der Waals surface area contributed by atoms with E-state index >= 15 is 0 Å². The molecule has 1 aromatic heterocycles. The van der Waals surface area contributed by atoms with E-state index in [4.69, 9.17) is 10.8 Å². The van der Waals surface area contributed by atoms with E-state index in [2.05, 4.69) is 4.98 Å². The van der Waals surface area contributed by atoms with E-state index in [0.29, 0.717) is 0 Å². The van der Waals surface area contributed by atoms with E-state index in [-0.39, 0.29) is 19.4 Å². The third kappa shape index (κ3) is 3.35. The molecule has 1 unspecified atom stereocenters. The van der Waals surface area contributed by atoms with Gasteiger partial charge in [0.1, 0.15) is 0 Å². The molecule has 1 atom stereocenters. The summed E-state index contributed by atoms with van der Waals surface area (Å²) in [5.74, 6) is -0.998. The molecule has 0 radical (unpaired) electrons. The molecule has 0 spiro atoms. The Balaban J connectivity index is 2.65. The molecule has 1 aromatic rings. The molecule has 7 heteroatoms. The van der Waals surface area contributed by atoms with Gasteiger partial charge in [0, 0.05) is 24.8 Å². The van der Waals surface area contributed by atoms with Crippen molar-refractivity contribution in [3.8, 4) is 0 Å². The van der Waals surface area contributed by atoms with Crippen molar-refractivity contribution in [2.75, 3.05) is 0 Å². The van der Waals surface area contributed by atoms with Crippen LogP contribution < -0.4 is 17.0 Å². The van der Waals surface area contributed by atoms with Gasteiger partial charge in [0.2, 0.25) is 0 Å². The highest BCUT2D eigenvalue weighted by Crippen LogP contribution is 1.95. The van der Waals surface area contributed by atoms with Crippen molar-refractivity contribution in [2.24, 2.45) is 5.73 Å². The molecule has 7 nitrogen and oxygen atoms in total. The van der Waals surface area contributed by atoms with Gasteiger partial charge >= 0.3 is 11.7 Å². The molecule has 0 aliphatic heterocycles. The summed E-state index contributed by atoms with van der Waals surface area (Å²) in [6, 6.07) is 0.661. The molecule has 0 aromatic carbocycles. The van der Waals surface area contributed by atoms with Crippen molar-refractivity contribution in [3.05, 3.63) is 33.1 Å². The van der Waals surface area contributed by atoms with Crippen LogP contribution in [0.3, 0.4) is 0 Å². The molecule has 0 saturated heterocycles. The second-order valence-electron chi connectivity index (χ2n) is 3.42. The van der Waals surface area contributed by atoms with Crippen molar-refractivity contribution in [1.29, 1.82) is 0 Å². The lowest BCUT2D eigenvalue weighted by Gasteiger charge is -2.09. The number of rotatable bonds is 5. The van der Waals surface area contributed by atoms with Gasteiger partial charge in [0.25, 0.3) is 5.56 Å². The van der Waals surface area contributed by atoms with E-state index < -0.39 is 23.3 Å². The minimum atomic E-state index is -0.998. The van der Waals surface area contributed by atoms with E-state index in [1.807, 2.05) is 0 Å². The largest absolute Gasteiger partial charge is 0.481 e. The Morgan fingerprint density at radius 3 is 2.81 bits per heavy atom. The Labute approximate surface area is 90.5 Å². The van der Waals surface area contributed by atoms with E-state index in [9.17, 15) is 14.4 Å². The number of aromatic amines is 1. The minimum absolute atomic E-state index is 0.115. The molecule has 0 bridgehead atoms. The number of H-pyrrole nitrogens is 1. The number of aliphatic carboxylic acids is 1. The summed E-state index contributed by atoms with van der Waals surface area (Å²) in [5, 5.41) is 8.47.